The summed E-state index contributed by atoms with van der Waals surface area (Å²) in [7, 11) is 0. The molecule has 1 fully saturated rings. The van der Waals surface area contributed by atoms with Crippen LogP contribution < -0.4 is 5.32 Å². The number of hydrogen-bond acceptors (Lipinski definition) is 3. The van der Waals surface area contributed by atoms with Crippen molar-refractivity contribution in [2.45, 2.75) is 19.5 Å². The van der Waals surface area contributed by atoms with Gasteiger partial charge in [-0.3, -0.25) is 9.88 Å². The van der Waals surface area contributed by atoms with E-state index in [0.29, 0.717) is 6.04 Å². The molecule has 1 aromatic heterocycles. The molecule has 2 heterocycles. The fraction of sp³-hybridized carbons (Fsp3) is 0.353. The Morgan fingerprint density at radius 2 is 2.09 bits per heavy atom. The zero-order valence-corrected chi connectivity index (χ0v) is 14.2. The highest BCUT2D eigenvalue weighted by atomic mass is 35.5. The Kier molecular flexibility index (Phi) is 6.21. The van der Waals surface area contributed by atoms with E-state index in [9.17, 15) is 0 Å². The van der Waals surface area contributed by atoms with Crippen LogP contribution in [0.3, 0.4) is 0 Å². The van der Waals surface area contributed by atoms with Gasteiger partial charge in [-0.2, -0.15) is 0 Å². The van der Waals surface area contributed by atoms with E-state index in [-0.39, 0.29) is 12.4 Å². The van der Waals surface area contributed by atoms with Gasteiger partial charge in [0.05, 0.1) is 5.69 Å². The highest BCUT2D eigenvalue weighted by Gasteiger charge is 2.25. The lowest BCUT2D eigenvalue weighted by molar-refractivity contribution is 0.151. The Labute approximate surface area is 143 Å². The Morgan fingerprint density at radius 3 is 2.86 bits per heavy atom. The van der Waals surface area contributed by atoms with Crippen LogP contribution in [0.1, 0.15) is 22.9 Å². The fourth-order valence-corrected chi connectivity index (χ4v) is 3.13. The molecule has 1 aliphatic rings. The number of benzene rings is 1. The van der Waals surface area contributed by atoms with Crippen molar-refractivity contribution in [3.63, 3.8) is 0 Å². The minimum absolute atomic E-state index is 0. The van der Waals surface area contributed by atoms with E-state index in [2.05, 4.69) is 40.3 Å². The number of pyridine rings is 1. The van der Waals surface area contributed by atoms with Gasteiger partial charge in [-0.1, -0.05) is 35.9 Å². The summed E-state index contributed by atoms with van der Waals surface area (Å²) in [6, 6.07) is 12.5. The SMILES string of the molecule is Cc1cccnc1CN1CCNCC1c1ccccc1Cl.Cl. The number of aromatic nitrogens is 1. The monoisotopic (exact) mass is 337 g/mol. The Morgan fingerprint density at radius 1 is 1.27 bits per heavy atom. The van der Waals surface area contributed by atoms with Gasteiger partial charge < -0.3 is 5.32 Å². The molecule has 0 amide bonds. The van der Waals surface area contributed by atoms with Crippen molar-refractivity contribution < 1.29 is 0 Å². The van der Waals surface area contributed by atoms with E-state index < -0.39 is 0 Å². The van der Waals surface area contributed by atoms with Crippen LogP contribution in [0.2, 0.25) is 5.02 Å². The lowest BCUT2D eigenvalue weighted by Crippen LogP contribution is -2.45. The van der Waals surface area contributed by atoms with Gasteiger partial charge >= 0.3 is 0 Å². The molecule has 0 spiro atoms. The molecule has 118 valence electrons. The molecule has 1 aromatic carbocycles. The second-order valence-corrected chi connectivity index (χ2v) is 5.89. The molecular weight excluding hydrogens is 317 g/mol. The average molecular weight is 338 g/mol. The number of aryl methyl sites for hydroxylation is 1. The van der Waals surface area contributed by atoms with Gasteiger partial charge in [0, 0.05) is 43.4 Å². The van der Waals surface area contributed by atoms with Crippen molar-refractivity contribution >= 4 is 24.0 Å². The van der Waals surface area contributed by atoms with E-state index in [1.54, 1.807) is 0 Å². The minimum Gasteiger partial charge on any atom is -0.314 e. The summed E-state index contributed by atoms with van der Waals surface area (Å²) in [5.41, 5.74) is 3.59. The van der Waals surface area contributed by atoms with Crippen molar-refractivity contribution in [1.29, 1.82) is 0 Å². The Hall–Kier alpha value is -1.13. The van der Waals surface area contributed by atoms with Crippen LogP contribution >= 0.6 is 24.0 Å². The molecule has 1 unspecified atom stereocenters. The molecule has 5 heteroatoms. The number of halogens is 2. The predicted octanol–water partition coefficient (Wildman–Crippen LogP) is 3.61. The van der Waals surface area contributed by atoms with Gasteiger partial charge in [-0.25, -0.2) is 0 Å². The van der Waals surface area contributed by atoms with Gasteiger partial charge in [0.2, 0.25) is 0 Å². The zero-order chi connectivity index (χ0) is 14.7. The summed E-state index contributed by atoms with van der Waals surface area (Å²) >= 11 is 6.39. The van der Waals surface area contributed by atoms with Crippen LogP contribution in [0, 0.1) is 6.92 Å². The standard InChI is InChI=1S/C17H20ClN3.ClH/c1-13-5-4-8-20-16(13)12-21-10-9-19-11-17(21)14-6-2-3-7-15(14)18;/h2-8,17,19H,9-12H2,1H3;1H. The molecule has 0 bridgehead atoms. The first-order valence-electron chi connectivity index (χ1n) is 7.35. The fourth-order valence-electron chi connectivity index (χ4n) is 2.86. The molecule has 1 saturated heterocycles. The number of piperazine rings is 1. The molecule has 3 rings (SSSR count). The summed E-state index contributed by atoms with van der Waals surface area (Å²) in [5.74, 6) is 0. The Bertz CT molecular complexity index is 618. The van der Waals surface area contributed by atoms with Gasteiger partial charge in [0.25, 0.3) is 0 Å². The first kappa shape index (κ1) is 17.2. The quantitative estimate of drug-likeness (QED) is 0.927. The first-order valence-corrected chi connectivity index (χ1v) is 7.73. The van der Waals surface area contributed by atoms with Crippen molar-refractivity contribution in [3.05, 3.63) is 64.4 Å². The van der Waals surface area contributed by atoms with Gasteiger partial charge in [-0.05, 0) is 30.2 Å². The molecular formula is C17H21Cl2N3. The van der Waals surface area contributed by atoms with Crippen LogP contribution in [0.25, 0.3) is 0 Å². The van der Waals surface area contributed by atoms with Crippen LogP contribution in [-0.2, 0) is 6.54 Å². The van der Waals surface area contributed by atoms with E-state index in [1.807, 2.05) is 24.4 Å². The van der Waals surface area contributed by atoms with Crippen LogP contribution in [0.15, 0.2) is 42.6 Å². The number of hydrogen-bond donors (Lipinski definition) is 1. The second kappa shape index (κ2) is 7.93. The molecule has 2 aromatic rings. The van der Waals surface area contributed by atoms with E-state index in [4.69, 9.17) is 11.6 Å². The Balaban J connectivity index is 0.00000176. The van der Waals surface area contributed by atoms with Crippen LogP contribution in [0.5, 0.6) is 0 Å². The number of nitrogens with zero attached hydrogens (tertiary/aromatic N) is 2. The normalized spacial score (nSPS) is 18.7. The molecule has 22 heavy (non-hydrogen) atoms. The maximum absolute atomic E-state index is 6.39. The van der Waals surface area contributed by atoms with Crippen molar-refractivity contribution in [2.24, 2.45) is 0 Å². The third-order valence-electron chi connectivity index (χ3n) is 4.09. The van der Waals surface area contributed by atoms with E-state index >= 15 is 0 Å². The highest BCUT2D eigenvalue weighted by Crippen LogP contribution is 2.29. The number of nitrogens with one attached hydrogen (secondary N) is 1. The lowest BCUT2D eigenvalue weighted by atomic mass is 10.0. The molecule has 0 saturated carbocycles. The van der Waals surface area contributed by atoms with Crippen molar-refractivity contribution in [1.82, 2.24) is 15.2 Å². The number of rotatable bonds is 3. The van der Waals surface area contributed by atoms with Crippen LogP contribution in [0.4, 0.5) is 0 Å². The molecule has 3 nitrogen and oxygen atoms in total. The highest BCUT2D eigenvalue weighted by molar-refractivity contribution is 6.31. The summed E-state index contributed by atoms with van der Waals surface area (Å²) < 4.78 is 0. The minimum atomic E-state index is 0. The molecule has 1 N–H and O–H groups in total. The smallest absolute Gasteiger partial charge is 0.0573 e. The first-order chi connectivity index (χ1) is 10.3. The maximum atomic E-state index is 6.39. The lowest BCUT2D eigenvalue weighted by Gasteiger charge is -2.36. The summed E-state index contributed by atoms with van der Waals surface area (Å²) in [4.78, 5) is 6.99. The van der Waals surface area contributed by atoms with Crippen LogP contribution in [-0.4, -0.2) is 29.5 Å². The van der Waals surface area contributed by atoms with Gasteiger partial charge in [0.15, 0.2) is 0 Å². The average Bonchev–Trinajstić information content (AvgIpc) is 2.51. The second-order valence-electron chi connectivity index (χ2n) is 5.48. The molecule has 0 radical (unpaired) electrons. The zero-order valence-electron chi connectivity index (χ0n) is 12.6. The van der Waals surface area contributed by atoms with Crippen molar-refractivity contribution in [3.8, 4) is 0 Å². The molecule has 1 aliphatic heterocycles. The molecule has 1 atom stereocenters. The predicted molar refractivity (Wildman–Crippen MR) is 93.7 cm³/mol. The maximum Gasteiger partial charge on any atom is 0.0573 e. The van der Waals surface area contributed by atoms with Gasteiger partial charge in [-0.15, -0.1) is 12.4 Å². The topological polar surface area (TPSA) is 28.2 Å². The van der Waals surface area contributed by atoms with E-state index in [0.717, 1.165) is 36.9 Å². The van der Waals surface area contributed by atoms with E-state index in [1.165, 1.54) is 11.1 Å². The summed E-state index contributed by atoms with van der Waals surface area (Å²) in [6.45, 7) is 5.92. The van der Waals surface area contributed by atoms with Gasteiger partial charge in [0.1, 0.15) is 0 Å². The third kappa shape index (κ3) is 3.79. The summed E-state index contributed by atoms with van der Waals surface area (Å²) in [6.07, 6.45) is 1.87. The largest absolute Gasteiger partial charge is 0.314 e. The third-order valence-corrected chi connectivity index (χ3v) is 4.43. The molecule has 0 aliphatic carbocycles. The van der Waals surface area contributed by atoms with Crippen molar-refractivity contribution in [2.75, 3.05) is 19.6 Å². The summed E-state index contributed by atoms with van der Waals surface area (Å²) in [5, 5.41) is 4.31.